The summed E-state index contributed by atoms with van der Waals surface area (Å²) >= 11 is 4.21. The molecule has 1 aromatic carbocycles. The molecule has 4 rings (SSSR count). The number of imide groups is 1. The van der Waals surface area contributed by atoms with Crippen molar-refractivity contribution >= 4 is 56.5 Å². The van der Waals surface area contributed by atoms with Crippen LogP contribution in [0.2, 0.25) is 0 Å². The van der Waals surface area contributed by atoms with E-state index in [1.165, 1.54) is 32.1 Å². The monoisotopic (exact) mass is 487 g/mol. The highest BCUT2D eigenvalue weighted by molar-refractivity contribution is 9.10. The molecule has 1 saturated carbocycles. The van der Waals surface area contributed by atoms with Gasteiger partial charge in [-0.2, -0.15) is 0 Å². The highest BCUT2D eigenvalue weighted by Crippen LogP contribution is 2.33. The predicted octanol–water partition coefficient (Wildman–Crippen LogP) is 5.43. The third kappa shape index (κ3) is 4.87. The van der Waals surface area contributed by atoms with E-state index in [4.69, 9.17) is 0 Å². The van der Waals surface area contributed by atoms with E-state index in [-0.39, 0.29) is 6.54 Å². The SMILES string of the molecule is O=C(CN1C(=O)S/C(=C/c2ccn(C3CCCCC3)c2)C1=O)Nc1ccc(Br)cc1. The number of amides is 3. The van der Waals surface area contributed by atoms with Crippen LogP contribution in [0.3, 0.4) is 0 Å². The van der Waals surface area contributed by atoms with Crippen molar-refractivity contribution in [1.82, 2.24) is 9.47 Å². The Kier molecular flexibility index (Phi) is 6.43. The standard InChI is InChI=1S/C22H22BrN3O3S/c23-16-6-8-17(9-7-16)24-20(27)14-26-21(28)19(30-22(26)29)12-15-10-11-25(13-15)18-4-2-1-3-5-18/h6-13,18H,1-5,14H2,(H,24,27)/b19-12+. The van der Waals surface area contributed by atoms with Crippen LogP contribution in [-0.2, 0) is 9.59 Å². The molecule has 6 nitrogen and oxygen atoms in total. The lowest BCUT2D eigenvalue weighted by atomic mass is 9.95. The Labute approximate surface area is 187 Å². The maximum atomic E-state index is 12.7. The molecule has 2 aliphatic rings. The Morgan fingerprint density at radius 3 is 2.60 bits per heavy atom. The first-order valence-corrected chi connectivity index (χ1v) is 11.6. The van der Waals surface area contributed by atoms with Crippen LogP contribution in [0.25, 0.3) is 6.08 Å². The molecule has 156 valence electrons. The highest BCUT2D eigenvalue weighted by atomic mass is 79.9. The van der Waals surface area contributed by atoms with E-state index >= 15 is 0 Å². The number of carbonyl (C=O) groups excluding carboxylic acids is 3. The van der Waals surface area contributed by atoms with Crippen LogP contribution in [0.1, 0.15) is 43.7 Å². The zero-order valence-electron chi connectivity index (χ0n) is 16.3. The molecule has 0 bridgehead atoms. The van der Waals surface area contributed by atoms with E-state index in [1.54, 1.807) is 30.3 Å². The van der Waals surface area contributed by atoms with Gasteiger partial charge in [-0.25, -0.2) is 0 Å². The van der Waals surface area contributed by atoms with Gasteiger partial charge < -0.3 is 9.88 Å². The normalized spacial score (nSPS) is 19.0. The van der Waals surface area contributed by atoms with Crippen LogP contribution in [0, 0.1) is 0 Å². The number of aromatic nitrogens is 1. The second kappa shape index (κ2) is 9.22. The van der Waals surface area contributed by atoms with Crippen LogP contribution in [0.4, 0.5) is 10.5 Å². The van der Waals surface area contributed by atoms with Gasteiger partial charge in [0, 0.05) is 28.6 Å². The number of nitrogens with one attached hydrogen (secondary N) is 1. The average molecular weight is 488 g/mol. The van der Waals surface area contributed by atoms with Crippen LogP contribution < -0.4 is 5.32 Å². The molecule has 3 amide bonds. The number of benzene rings is 1. The minimum absolute atomic E-state index is 0.304. The van der Waals surface area contributed by atoms with Crippen molar-refractivity contribution in [2.24, 2.45) is 0 Å². The summed E-state index contributed by atoms with van der Waals surface area (Å²) in [6.07, 6.45) is 12.0. The lowest BCUT2D eigenvalue weighted by Crippen LogP contribution is -2.36. The van der Waals surface area contributed by atoms with Crippen molar-refractivity contribution in [3.63, 3.8) is 0 Å². The summed E-state index contributed by atoms with van der Waals surface area (Å²) < 4.78 is 3.11. The number of nitrogens with zero attached hydrogens (tertiary/aromatic N) is 2. The third-order valence-electron chi connectivity index (χ3n) is 5.33. The van der Waals surface area contributed by atoms with Gasteiger partial charge in [-0.05, 0) is 66.6 Å². The molecule has 1 aromatic heterocycles. The molecule has 2 aromatic rings. The first kappa shape index (κ1) is 20.9. The molecule has 8 heteroatoms. The zero-order valence-corrected chi connectivity index (χ0v) is 18.7. The Balaban J connectivity index is 1.40. The summed E-state index contributed by atoms with van der Waals surface area (Å²) in [6.45, 7) is -0.304. The molecule has 30 heavy (non-hydrogen) atoms. The second-order valence-corrected chi connectivity index (χ2v) is 9.42. The Morgan fingerprint density at radius 2 is 1.87 bits per heavy atom. The largest absolute Gasteiger partial charge is 0.351 e. The first-order valence-electron chi connectivity index (χ1n) is 9.98. The summed E-state index contributed by atoms with van der Waals surface area (Å²) in [4.78, 5) is 38.6. The molecule has 1 saturated heterocycles. The molecule has 1 aliphatic carbocycles. The maximum absolute atomic E-state index is 12.7. The van der Waals surface area contributed by atoms with E-state index < -0.39 is 17.1 Å². The molecule has 1 N–H and O–H groups in total. The van der Waals surface area contributed by atoms with E-state index in [0.29, 0.717) is 16.6 Å². The molecule has 2 heterocycles. The van der Waals surface area contributed by atoms with E-state index in [2.05, 4.69) is 25.8 Å². The van der Waals surface area contributed by atoms with Crippen molar-refractivity contribution in [3.05, 3.63) is 57.7 Å². The fourth-order valence-corrected chi connectivity index (χ4v) is 4.89. The van der Waals surface area contributed by atoms with Crippen molar-refractivity contribution in [2.45, 2.75) is 38.1 Å². The topological polar surface area (TPSA) is 71.4 Å². The van der Waals surface area contributed by atoms with Crippen molar-refractivity contribution in [1.29, 1.82) is 0 Å². The van der Waals surface area contributed by atoms with Crippen LogP contribution in [0.5, 0.6) is 0 Å². The minimum atomic E-state index is -0.429. The second-order valence-electron chi connectivity index (χ2n) is 7.51. The van der Waals surface area contributed by atoms with Crippen LogP contribution in [0.15, 0.2) is 52.1 Å². The summed E-state index contributed by atoms with van der Waals surface area (Å²) in [5.41, 5.74) is 1.50. The van der Waals surface area contributed by atoms with Gasteiger partial charge in [0.2, 0.25) is 5.91 Å². The van der Waals surface area contributed by atoms with Gasteiger partial charge in [-0.3, -0.25) is 19.3 Å². The van der Waals surface area contributed by atoms with E-state index in [9.17, 15) is 14.4 Å². The highest BCUT2D eigenvalue weighted by Gasteiger charge is 2.36. The summed E-state index contributed by atoms with van der Waals surface area (Å²) in [6, 6.07) is 9.57. The summed E-state index contributed by atoms with van der Waals surface area (Å²) in [5.74, 6) is -0.842. The summed E-state index contributed by atoms with van der Waals surface area (Å²) in [7, 11) is 0. The third-order valence-corrected chi connectivity index (χ3v) is 6.77. The zero-order chi connectivity index (χ0) is 21.1. The van der Waals surface area contributed by atoms with Crippen LogP contribution in [-0.4, -0.2) is 33.1 Å². The first-order chi connectivity index (χ1) is 14.5. The van der Waals surface area contributed by atoms with Gasteiger partial charge in [0.05, 0.1) is 4.91 Å². The summed E-state index contributed by atoms with van der Waals surface area (Å²) in [5, 5.41) is 2.28. The predicted molar refractivity (Wildman–Crippen MR) is 122 cm³/mol. The van der Waals surface area contributed by atoms with Gasteiger partial charge in [-0.1, -0.05) is 35.2 Å². The number of rotatable bonds is 5. The van der Waals surface area contributed by atoms with Gasteiger partial charge in [0.1, 0.15) is 6.54 Å². The quantitative estimate of drug-likeness (QED) is 0.570. The molecular formula is C22H22BrN3O3S. The van der Waals surface area contributed by atoms with Crippen molar-refractivity contribution in [3.8, 4) is 0 Å². The number of halogens is 1. The Morgan fingerprint density at radius 1 is 1.13 bits per heavy atom. The molecular weight excluding hydrogens is 466 g/mol. The average Bonchev–Trinajstić information content (AvgIpc) is 3.31. The molecule has 0 spiro atoms. The number of anilines is 1. The molecule has 0 atom stereocenters. The van der Waals surface area contributed by atoms with Gasteiger partial charge >= 0.3 is 0 Å². The lowest BCUT2D eigenvalue weighted by Gasteiger charge is -2.23. The fraction of sp³-hybridized carbons (Fsp3) is 0.318. The van der Waals surface area contributed by atoms with Crippen LogP contribution >= 0.6 is 27.7 Å². The lowest BCUT2D eigenvalue weighted by molar-refractivity contribution is -0.127. The van der Waals surface area contributed by atoms with Gasteiger partial charge in [-0.15, -0.1) is 0 Å². The Bertz CT molecular complexity index is 993. The number of hydrogen-bond acceptors (Lipinski definition) is 4. The number of carbonyl (C=O) groups is 3. The molecule has 1 aliphatic heterocycles. The molecule has 2 fully saturated rings. The van der Waals surface area contributed by atoms with E-state index in [0.717, 1.165) is 26.7 Å². The van der Waals surface area contributed by atoms with Gasteiger partial charge in [0.15, 0.2) is 0 Å². The number of hydrogen-bond donors (Lipinski definition) is 1. The van der Waals surface area contributed by atoms with Crippen molar-refractivity contribution in [2.75, 3.05) is 11.9 Å². The van der Waals surface area contributed by atoms with Crippen molar-refractivity contribution < 1.29 is 14.4 Å². The Hall–Kier alpha value is -2.32. The van der Waals surface area contributed by atoms with Gasteiger partial charge in [0.25, 0.3) is 11.1 Å². The molecule has 0 unspecified atom stereocenters. The smallest absolute Gasteiger partial charge is 0.294 e. The van der Waals surface area contributed by atoms with E-state index in [1.807, 2.05) is 18.5 Å². The number of thioether (sulfide) groups is 1. The maximum Gasteiger partial charge on any atom is 0.294 e. The fourth-order valence-electron chi connectivity index (χ4n) is 3.79. The molecule has 0 radical (unpaired) electrons. The minimum Gasteiger partial charge on any atom is -0.351 e.